The SMILES string of the molecule is COc1c(-c2cc(N)on2)ccc(Br)c1O. The average Bonchev–Trinajstić information content (AvgIpc) is 2.68. The van der Waals surface area contributed by atoms with Crippen molar-refractivity contribution in [1.29, 1.82) is 0 Å². The standard InChI is InChI=1S/C10H9BrN2O3/c1-15-10-5(2-3-6(11)9(10)14)7-4-8(12)16-13-7/h2-4,14H,12H2,1H3. The maximum absolute atomic E-state index is 9.78. The van der Waals surface area contributed by atoms with Crippen LogP contribution >= 0.6 is 15.9 Å². The fraction of sp³-hybridized carbons (Fsp3) is 0.100. The van der Waals surface area contributed by atoms with Crippen LogP contribution in [0.5, 0.6) is 11.5 Å². The summed E-state index contributed by atoms with van der Waals surface area (Å²) >= 11 is 3.20. The molecule has 3 N–H and O–H groups in total. The third-order valence-corrected chi connectivity index (χ3v) is 2.73. The van der Waals surface area contributed by atoms with Crippen LogP contribution in [0.4, 0.5) is 5.88 Å². The maximum atomic E-state index is 9.78. The maximum Gasteiger partial charge on any atom is 0.222 e. The van der Waals surface area contributed by atoms with Crippen LogP contribution in [0.2, 0.25) is 0 Å². The predicted octanol–water partition coefficient (Wildman–Crippen LogP) is 2.40. The molecule has 0 aliphatic rings. The van der Waals surface area contributed by atoms with E-state index in [-0.39, 0.29) is 11.6 Å². The van der Waals surface area contributed by atoms with Gasteiger partial charge in [-0.2, -0.15) is 0 Å². The van der Waals surface area contributed by atoms with Gasteiger partial charge in [-0.3, -0.25) is 0 Å². The summed E-state index contributed by atoms with van der Waals surface area (Å²) < 4.78 is 10.4. The predicted molar refractivity (Wildman–Crippen MR) is 62.3 cm³/mol. The molecule has 2 rings (SSSR count). The molecule has 0 radical (unpaired) electrons. The summed E-state index contributed by atoms with van der Waals surface area (Å²) in [5, 5.41) is 13.5. The minimum Gasteiger partial charge on any atom is -0.503 e. The first-order chi connectivity index (χ1) is 7.63. The van der Waals surface area contributed by atoms with E-state index >= 15 is 0 Å². The van der Waals surface area contributed by atoms with Gasteiger partial charge >= 0.3 is 0 Å². The summed E-state index contributed by atoms with van der Waals surface area (Å²) in [6, 6.07) is 5.00. The second kappa shape index (κ2) is 4.05. The van der Waals surface area contributed by atoms with Gasteiger partial charge in [0.15, 0.2) is 11.5 Å². The molecule has 1 heterocycles. The van der Waals surface area contributed by atoms with Gasteiger partial charge in [0.1, 0.15) is 5.69 Å². The smallest absolute Gasteiger partial charge is 0.222 e. The lowest BCUT2D eigenvalue weighted by molar-refractivity contribution is 0.372. The number of hydrogen-bond donors (Lipinski definition) is 2. The van der Waals surface area contributed by atoms with Crippen LogP contribution in [-0.2, 0) is 0 Å². The Labute approximate surface area is 99.9 Å². The number of nitrogens with zero attached hydrogens (tertiary/aromatic N) is 1. The summed E-state index contributed by atoms with van der Waals surface area (Å²) in [6.07, 6.45) is 0. The molecule has 0 amide bonds. The number of ether oxygens (including phenoxy) is 1. The van der Waals surface area contributed by atoms with Gasteiger partial charge in [0.2, 0.25) is 5.88 Å². The van der Waals surface area contributed by atoms with Gasteiger partial charge in [0.25, 0.3) is 0 Å². The Balaban J connectivity index is 2.61. The molecule has 1 aromatic carbocycles. The lowest BCUT2D eigenvalue weighted by atomic mass is 10.1. The van der Waals surface area contributed by atoms with Crippen molar-refractivity contribution in [2.24, 2.45) is 0 Å². The fourth-order valence-corrected chi connectivity index (χ4v) is 1.68. The summed E-state index contributed by atoms with van der Waals surface area (Å²) in [5.74, 6) is 0.545. The van der Waals surface area contributed by atoms with Crippen molar-refractivity contribution in [2.75, 3.05) is 12.8 Å². The fourth-order valence-electron chi connectivity index (χ4n) is 1.37. The third-order valence-electron chi connectivity index (χ3n) is 2.09. The third kappa shape index (κ3) is 1.71. The Hall–Kier alpha value is -1.69. The highest BCUT2D eigenvalue weighted by Crippen LogP contribution is 2.41. The molecule has 0 fully saturated rings. The van der Waals surface area contributed by atoms with Crippen molar-refractivity contribution in [2.45, 2.75) is 0 Å². The van der Waals surface area contributed by atoms with Crippen LogP contribution in [0.3, 0.4) is 0 Å². The number of rotatable bonds is 2. The number of aromatic nitrogens is 1. The Morgan fingerprint density at radius 1 is 1.50 bits per heavy atom. The number of aromatic hydroxyl groups is 1. The number of nitrogen functional groups attached to an aromatic ring is 1. The van der Waals surface area contributed by atoms with E-state index in [2.05, 4.69) is 21.1 Å². The number of hydrogen-bond acceptors (Lipinski definition) is 5. The van der Waals surface area contributed by atoms with Gasteiger partial charge < -0.3 is 20.1 Å². The van der Waals surface area contributed by atoms with E-state index in [1.54, 1.807) is 18.2 Å². The number of benzene rings is 1. The van der Waals surface area contributed by atoms with Gasteiger partial charge in [-0.05, 0) is 28.1 Å². The summed E-state index contributed by atoms with van der Waals surface area (Å²) in [6.45, 7) is 0. The van der Waals surface area contributed by atoms with Crippen LogP contribution in [0.25, 0.3) is 11.3 Å². The van der Waals surface area contributed by atoms with E-state index in [0.29, 0.717) is 21.5 Å². The summed E-state index contributed by atoms with van der Waals surface area (Å²) in [4.78, 5) is 0. The number of anilines is 1. The zero-order valence-electron chi connectivity index (χ0n) is 8.40. The molecule has 0 saturated carbocycles. The zero-order chi connectivity index (χ0) is 11.7. The van der Waals surface area contributed by atoms with Gasteiger partial charge in [0, 0.05) is 11.6 Å². The molecule has 16 heavy (non-hydrogen) atoms. The number of phenolic OH excluding ortho intramolecular Hbond substituents is 1. The van der Waals surface area contributed by atoms with Crippen LogP contribution in [0.1, 0.15) is 0 Å². The highest BCUT2D eigenvalue weighted by Gasteiger charge is 2.16. The van der Waals surface area contributed by atoms with E-state index in [1.807, 2.05) is 0 Å². The van der Waals surface area contributed by atoms with Crippen molar-refractivity contribution in [3.63, 3.8) is 0 Å². The number of phenols is 1. The molecule has 0 bridgehead atoms. The van der Waals surface area contributed by atoms with Crippen LogP contribution in [0.15, 0.2) is 27.2 Å². The second-order valence-corrected chi connectivity index (χ2v) is 3.95. The van der Waals surface area contributed by atoms with Crippen LogP contribution in [-0.4, -0.2) is 17.4 Å². The topological polar surface area (TPSA) is 81.5 Å². The number of methoxy groups -OCH3 is 1. The quantitative estimate of drug-likeness (QED) is 0.885. The minimum absolute atomic E-state index is 0.0153. The molecule has 84 valence electrons. The normalized spacial score (nSPS) is 10.4. The molecule has 0 aliphatic heterocycles. The number of nitrogens with two attached hydrogens (primary N) is 1. The van der Waals surface area contributed by atoms with Gasteiger partial charge in [-0.1, -0.05) is 5.16 Å². The first-order valence-electron chi connectivity index (χ1n) is 4.41. The molecular weight excluding hydrogens is 276 g/mol. The molecule has 0 spiro atoms. The van der Waals surface area contributed by atoms with Gasteiger partial charge in [-0.15, -0.1) is 0 Å². The summed E-state index contributed by atoms with van der Waals surface area (Å²) in [7, 11) is 1.47. The Morgan fingerprint density at radius 2 is 2.25 bits per heavy atom. The first kappa shape index (κ1) is 10.8. The lowest BCUT2D eigenvalue weighted by Crippen LogP contribution is -1.89. The largest absolute Gasteiger partial charge is 0.503 e. The average molecular weight is 285 g/mol. The molecule has 6 heteroatoms. The van der Waals surface area contributed by atoms with E-state index in [9.17, 15) is 5.11 Å². The molecule has 1 aromatic heterocycles. The van der Waals surface area contributed by atoms with Crippen molar-refractivity contribution < 1.29 is 14.4 Å². The van der Waals surface area contributed by atoms with Crippen LogP contribution in [0, 0.1) is 0 Å². The summed E-state index contributed by atoms with van der Waals surface area (Å²) in [5.41, 5.74) is 6.56. The Kier molecular flexibility index (Phi) is 2.74. The molecule has 0 atom stereocenters. The Morgan fingerprint density at radius 3 is 2.81 bits per heavy atom. The second-order valence-electron chi connectivity index (χ2n) is 3.09. The van der Waals surface area contributed by atoms with E-state index < -0.39 is 0 Å². The Bertz CT molecular complexity index is 525. The van der Waals surface area contributed by atoms with Gasteiger partial charge in [0.05, 0.1) is 11.6 Å². The van der Waals surface area contributed by atoms with Crippen molar-refractivity contribution in [3.05, 3.63) is 22.7 Å². The highest BCUT2D eigenvalue weighted by atomic mass is 79.9. The van der Waals surface area contributed by atoms with Crippen LogP contribution < -0.4 is 10.5 Å². The zero-order valence-corrected chi connectivity index (χ0v) is 9.98. The molecule has 0 saturated heterocycles. The lowest BCUT2D eigenvalue weighted by Gasteiger charge is -2.08. The van der Waals surface area contributed by atoms with E-state index in [0.717, 1.165) is 0 Å². The first-order valence-corrected chi connectivity index (χ1v) is 5.20. The van der Waals surface area contributed by atoms with Gasteiger partial charge in [-0.25, -0.2) is 0 Å². The monoisotopic (exact) mass is 284 g/mol. The molecule has 5 nitrogen and oxygen atoms in total. The molecule has 0 unspecified atom stereocenters. The van der Waals surface area contributed by atoms with Crippen molar-refractivity contribution in [1.82, 2.24) is 5.16 Å². The minimum atomic E-state index is 0.0153. The van der Waals surface area contributed by atoms with E-state index in [4.69, 9.17) is 15.0 Å². The van der Waals surface area contributed by atoms with Crippen molar-refractivity contribution >= 4 is 21.8 Å². The van der Waals surface area contributed by atoms with E-state index in [1.165, 1.54) is 7.11 Å². The molecule has 2 aromatic rings. The van der Waals surface area contributed by atoms with Crippen molar-refractivity contribution in [3.8, 4) is 22.8 Å². The molecular formula is C10H9BrN2O3. The highest BCUT2D eigenvalue weighted by molar-refractivity contribution is 9.10. The number of halogens is 1. The molecule has 0 aliphatic carbocycles.